The van der Waals surface area contributed by atoms with Gasteiger partial charge < -0.3 is 9.84 Å². The molecule has 0 bridgehead atoms. The van der Waals surface area contributed by atoms with E-state index in [2.05, 4.69) is 26.0 Å². The number of ketones is 1. The number of Topliss-reactive ketones (excluding diaryl/α,β-unsaturated/α-hetero) is 1. The van der Waals surface area contributed by atoms with Crippen LogP contribution in [0.5, 0.6) is 0 Å². The van der Waals surface area contributed by atoms with Crippen LogP contribution in [0.15, 0.2) is 69.5 Å². The van der Waals surface area contributed by atoms with Crippen molar-refractivity contribution in [2.75, 3.05) is 16.4 Å². The number of benzene rings is 2. The predicted octanol–water partition coefficient (Wildman–Crippen LogP) is 4.38. The molecule has 0 saturated carbocycles. The van der Waals surface area contributed by atoms with Crippen molar-refractivity contribution in [1.82, 2.24) is 15.4 Å². The van der Waals surface area contributed by atoms with Crippen molar-refractivity contribution in [1.29, 1.82) is 0 Å². The molecule has 11 heteroatoms. The molecule has 0 spiro atoms. The van der Waals surface area contributed by atoms with Crippen molar-refractivity contribution in [3.63, 3.8) is 0 Å². The van der Waals surface area contributed by atoms with Crippen LogP contribution < -0.4 is 10.6 Å². The normalized spacial score (nSPS) is 10.6. The van der Waals surface area contributed by atoms with Gasteiger partial charge in [0.2, 0.25) is 11.0 Å². The third kappa shape index (κ3) is 5.90. The molecule has 2 amide bonds. The van der Waals surface area contributed by atoms with Crippen LogP contribution in [-0.2, 0) is 4.79 Å². The van der Waals surface area contributed by atoms with Gasteiger partial charge in [-0.05, 0) is 31.2 Å². The Kier molecular flexibility index (Phi) is 6.91. The number of rotatable bonds is 8. The first-order chi connectivity index (χ1) is 16.0. The van der Waals surface area contributed by atoms with Gasteiger partial charge in [-0.1, -0.05) is 58.6 Å². The zero-order chi connectivity index (χ0) is 23.2. The number of hydrogen-bond acceptors (Lipinski definition) is 9. The maximum atomic E-state index is 12.4. The summed E-state index contributed by atoms with van der Waals surface area (Å²) in [7, 11) is 0. The van der Waals surface area contributed by atoms with Gasteiger partial charge in [0, 0.05) is 22.9 Å². The minimum absolute atomic E-state index is 0.0391. The fourth-order valence-electron chi connectivity index (χ4n) is 2.71. The number of amides is 2. The minimum atomic E-state index is -0.472. The van der Waals surface area contributed by atoms with E-state index in [0.717, 1.165) is 16.9 Å². The third-order valence-corrected chi connectivity index (χ3v) is 6.30. The zero-order valence-corrected chi connectivity index (χ0v) is 18.9. The first-order valence-electron chi connectivity index (χ1n) is 9.68. The molecular weight excluding hydrogens is 462 g/mol. The monoisotopic (exact) mass is 479 g/mol. The molecule has 33 heavy (non-hydrogen) atoms. The summed E-state index contributed by atoms with van der Waals surface area (Å²) in [5.41, 5.74) is 2.10. The number of hydrogen-bond donors (Lipinski definition) is 2. The fraction of sp³-hybridized carbons (Fsp3) is 0.0909. The molecule has 9 nitrogen and oxygen atoms in total. The van der Waals surface area contributed by atoms with Gasteiger partial charge >= 0.3 is 0 Å². The standard InChI is InChI=1S/C22H17N5O4S2/c1-13(28)14-7-9-16(10-8-14)23-19(29)12-32-22-26-25-21(33-22)24-20(30)17-11-18(31-27-17)15-5-3-2-4-6-15/h2-11H,12H2,1H3,(H,23,29)(H,24,25,30). The second-order valence-corrected chi connectivity index (χ2v) is 8.94. The molecule has 2 aromatic carbocycles. The van der Waals surface area contributed by atoms with Crippen molar-refractivity contribution in [2.45, 2.75) is 11.3 Å². The summed E-state index contributed by atoms with van der Waals surface area (Å²) in [6, 6.07) is 17.5. The Hall–Kier alpha value is -3.83. The molecule has 0 aliphatic rings. The Morgan fingerprint density at radius 1 is 1.00 bits per heavy atom. The summed E-state index contributed by atoms with van der Waals surface area (Å²) >= 11 is 2.34. The van der Waals surface area contributed by atoms with Gasteiger partial charge in [-0.25, -0.2) is 0 Å². The third-order valence-electron chi connectivity index (χ3n) is 4.33. The van der Waals surface area contributed by atoms with Crippen molar-refractivity contribution >= 4 is 51.5 Å². The molecule has 0 aliphatic heterocycles. The molecule has 0 unspecified atom stereocenters. The Morgan fingerprint density at radius 3 is 2.48 bits per heavy atom. The lowest BCUT2D eigenvalue weighted by molar-refractivity contribution is -0.113. The number of anilines is 2. The first-order valence-corrected chi connectivity index (χ1v) is 11.5. The molecule has 4 rings (SSSR count). The number of nitrogens with one attached hydrogen (secondary N) is 2. The van der Waals surface area contributed by atoms with E-state index in [1.165, 1.54) is 18.7 Å². The summed E-state index contributed by atoms with van der Waals surface area (Å²) in [4.78, 5) is 35.9. The van der Waals surface area contributed by atoms with Crippen LogP contribution in [0.2, 0.25) is 0 Å². The van der Waals surface area contributed by atoms with Crippen molar-refractivity contribution < 1.29 is 18.9 Å². The molecule has 2 aromatic heterocycles. The highest BCUT2D eigenvalue weighted by Gasteiger charge is 2.16. The van der Waals surface area contributed by atoms with Crippen LogP contribution in [0.3, 0.4) is 0 Å². The van der Waals surface area contributed by atoms with E-state index in [1.807, 2.05) is 30.3 Å². The summed E-state index contributed by atoms with van der Waals surface area (Å²) in [5, 5.41) is 17.4. The molecule has 0 aliphatic carbocycles. The Bertz CT molecular complexity index is 1290. The number of carbonyl (C=O) groups is 3. The molecule has 0 radical (unpaired) electrons. The highest BCUT2D eigenvalue weighted by Crippen LogP contribution is 2.26. The first kappa shape index (κ1) is 22.4. The molecule has 4 aromatic rings. The molecular formula is C22H17N5O4S2. The Labute approximate surface area is 196 Å². The lowest BCUT2D eigenvalue weighted by atomic mass is 10.1. The average molecular weight is 480 g/mol. The summed E-state index contributed by atoms with van der Waals surface area (Å²) in [5.74, 6) is -0.146. The molecule has 166 valence electrons. The van der Waals surface area contributed by atoms with Gasteiger partial charge in [-0.2, -0.15) is 0 Å². The second kappa shape index (κ2) is 10.2. The highest BCUT2D eigenvalue weighted by atomic mass is 32.2. The minimum Gasteiger partial charge on any atom is -0.355 e. The maximum Gasteiger partial charge on any atom is 0.279 e. The highest BCUT2D eigenvalue weighted by molar-refractivity contribution is 8.01. The van der Waals surface area contributed by atoms with Gasteiger partial charge in [0.25, 0.3) is 5.91 Å². The molecule has 2 N–H and O–H groups in total. The maximum absolute atomic E-state index is 12.4. The zero-order valence-electron chi connectivity index (χ0n) is 17.3. The van der Waals surface area contributed by atoms with E-state index in [1.54, 1.807) is 30.3 Å². The number of aromatic nitrogens is 3. The van der Waals surface area contributed by atoms with Crippen LogP contribution in [-0.4, -0.2) is 38.7 Å². The SMILES string of the molecule is CC(=O)c1ccc(NC(=O)CSc2nnc(NC(=O)c3cc(-c4ccccc4)on3)s2)cc1. The molecule has 2 heterocycles. The summed E-state index contributed by atoms with van der Waals surface area (Å²) in [6.07, 6.45) is 0. The van der Waals surface area contributed by atoms with Gasteiger partial charge in [0.1, 0.15) is 0 Å². The van der Waals surface area contributed by atoms with Crippen LogP contribution in [0.1, 0.15) is 27.8 Å². The van der Waals surface area contributed by atoms with E-state index >= 15 is 0 Å². The van der Waals surface area contributed by atoms with Gasteiger partial charge in [0.05, 0.1) is 5.75 Å². The number of nitrogens with zero attached hydrogens (tertiary/aromatic N) is 3. The lowest BCUT2D eigenvalue weighted by Crippen LogP contribution is -2.14. The van der Waals surface area contributed by atoms with Crippen LogP contribution in [0, 0.1) is 0 Å². The lowest BCUT2D eigenvalue weighted by Gasteiger charge is -2.04. The average Bonchev–Trinajstić information content (AvgIpc) is 3.49. The Morgan fingerprint density at radius 2 is 1.76 bits per heavy atom. The van der Waals surface area contributed by atoms with Crippen molar-refractivity contribution in [3.8, 4) is 11.3 Å². The van der Waals surface area contributed by atoms with Gasteiger partial charge in [0.15, 0.2) is 21.6 Å². The predicted molar refractivity (Wildman–Crippen MR) is 126 cm³/mol. The topological polar surface area (TPSA) is 127 Å². The fourth-order valence-corrected chi connectivity index (χ4v) is 4.26. The van der Waals surface area contributed by atoms with Crippen molar-refractivity contribution in [3.05, 3.63) is 71.9 Å². The summed E-state index contributed by atoms with van der Waals surface area (Å²) < 4.78 is 5.76. The van der Waals surface area contributed by atoms with E-state index in [4.69, 9.17) is 4.52 Å². The van der Waals surface area contributed by atoms with Crippen LogP contribution >= 0.6 is 23.1 Å². The van der Waals surface area contributed by atoms with Gasteiger partial charge in [-0.15, -0.1) is 10.2 Å². The van der Waals surface area contributed by atoms with E-state index < -0.39 is 5.91 Å². The van der Waals surface area contributed by atoms with E-state index in [0.29, 0.717) is 21.4 Å². The molecule has 0 saturated heterocycles. The smallest absolute Gasteiger partial charge is 0.279 e. The Balaban J connectivity index is 1.28. The summed E-state index contributed by atoms with van der Waals surface area (Å²) in [6.45, 7) is 1.48. The molecule has 0 fully saturated rings. The van der Waals surface area contributed by atoms with Gasteiger partial charge in [-0.3, -0.25) is 19.7 Å². The number of carbonyl (C=O) groups excluding carboxylic acids is 3. The van der Waals surface area contributed by atoms with Crippen LogP contribution in [0.25, 0.3) is 11.3 Å². The van der Waals surface area contributed by atoms with Crippen molar-refractivity contribution in [2.24, 2.45) is 0 Å². The van der Waals surface area contributed by atoms with E-state index in [-0.39, 0.29) is 28.3 Å². The number of thioether (sulfide) groups is 1. The quantitative estimate of drug-likeness (QED) is 0.217. The largest absolute Gasteiger partial charge is 0.355 e. The van der Waals surface area contributed by atoms with Crippen LogP contribution in [0.4, 0.5) is 10.8 Å². The van der Waals surface area contributed by atoms with E-state index in [9.17, 15) is 14.4 Å². The molecule has 0 atom stereocenters. The second-order valence-electron chi connectivity index (χ2n) is 6.74.